The van der Waals surface area contributed by atoms with Crippen LogP contribution >= 0.6 is 22.6 Å². The van der Waals surface area contributed by atoms with Crippen LogP contribution in [0.15, 0.2) is 12.3 Å². The lowest BCUT2D eigenvalue weighted by atomic mass is 10.0. The molecule has 0 rings (SSSR count). The van der Waals surface area contributed by atoms with E-state index in [1.165, 1.54) is 115 Å². The summed E-state index contributed by atoms with van der Waals surface area (Å²) in [6.45, 7) is 11.4. The van der Waals surface area contributed by atoms with E-state index in [2.05, 4.69) is 53.2 Å². The minimum atomic E-state index is 0.194. The fraction of sp³-hybridized carbons (Fsp3) is 0.897. The van der Waals surface area contributed by atoms with Gasteiger partial charge < -0.3 is 10.2 Å². The molecular weight excluding hydrogens is 519 g/mol. The van der Waals surface area contributed by atoms with E-state index in [4.69, 9.17) is 0 Å². The molecule has 33 heavy (non-hydrogen) atoms. The van der Waals surface area contributed by atoms with Gasteiger partial charge in [0.2, 0.25) is 5.91 Å². The molecule has 0 unspecified atom stereocenters. The Morgan fingerprint density at radius 1 is 0.667 bits per heavy atom. The molecule has 0 heterocycles. The molecule has 0 spiro atoms. The Morgan fingerprint density at radius 3 is 1.58 bits per heavy atom. The van der Waals surface area contributed by atoms with E-state index in [1.54, 1.807) is 0 Å². The van der Waals surface area contributed by atoms with Crippen molar-refractivity contribution in [1.82, 2.24) is 10.2 Å². The van der Waals surface area contributed by atoms with Crippen LogP contribution in [0.3, 0.4) is 0 Å². The summed E-state index contributed by atoms with van der Waals surface area (Å²) in [6, 6.07) is 0. The maximum atomic E-state index is 12.2. The summed E-state index contributed by atoms with van der Waals surface area (Å²) in [4.78, 5) is 14.5. The second-order valence-electron chi connectivity index (χ2n) is 9.75. The van der Waals surface area contributed by atoms with Gasteiger partial charge in [-0.25, -0.2) is 0 Å². The molecule has 1 N–H and O–H groups in total. The Kier molecular flexibility index (Phi) is 26.1. The van der Waals surface area contributed by atoms with Gasteiger partial charge in [0.05, 0.1) is 0 Å². The number of nitrogens with zero attached hydrogens (tertiary/aromatic N) is 1. The van der Waals surface area contributed by atoms with E-state index in [9.17, 15) is 4.79 Å². The number of unbranched alkanes of at least 4 members (excludes halogenated alkanes) is 16. The quantitative estimate of drug-likeness (QED) is 0.0633. The van der Waals surface area contributed by atoms with Crippen molar-refractivity contribution in [1.29, 1.82) is 0 Å². The first-order chi connectivity index (χ1) is 16.2. The molecule has 0 atom stereocenters. The summed E-state index contributed by atoms with van der Waals surface area (Å²) in [5.74, 6) is 0.194. The molecule has 0 fully saturated rings. The third-order valence-corrected chi connectivity index (χ3v) is 7.11. The first-order valence-electron chi connectivity index (χ1n) is 14.4. The van der Waals surface area contributed by atoms with Crippen molar-refractivity contribution in [2.75, 3.05) is 24.1 Å². The minimum absolute atomic E-state index is 0.194. The van der Waals surface area contributed by atoms with Crippen molar-refractivity contribution in [2.45, 2.75) is 142 Å². The van der Waals surface area contributed by atoms with Gasteiger partial charge in [0.1, 0.15) is 0 Å². The second kappa shape index (κ2) is 26.3. The highest BCUT2D eigenvalue weighted by molar-refractivity contribution is 14.1. The fourth-order valence-corrected chi connectivity index (χ4v) is 4.89. The standard InChI is InChI=1S/C29H57IN2O/c1-4-6-8-9-10-11-12-13-14-15-16-17-18-19-20-21-25-31-29(33)23-27-32(26-7-5-2)28(3)22-24-30/h3-27H2,1-2H3,(H,31,33). The number of allylic oxidation sites excluding steroid dienone is 1. The summed E-state index contributed by atoms with van der Waals surface area (Å²) >= 11 is 2.40. The molecule has 0 aliphatic carbocycles. The molecule has 3 nitrogen and oxygen atoms in total. The van der Waals surface area contributed by atoms with E-state index in [0.717, 1.165) is 36.9 Å². The molecule has 0 radical (unpaired) electrons. The Labute approximate surface area is 221 Å². The number of alkyl halides is 1. The zero-order valence-corrected chi connectivity index (χ0v) is 24.6. The minimum Gasteiger partial charge on any atom is -0.375 e. The number of carbonyl (C=O) groups excluding carboxylic acids is 1. The van der Waals surface area contributed by atoms with E-state index in [1.807, 2.05) is 0 Å². The van der Waals surface area contributed by atoms with Crippen molar-refractivity contribution in [3.63, 3.8) is 0 Å². The lowest BCUT2D eigenvalue weighted by Crippen LogP contribution is -2.31. The summed E-state index contributed by atoms with van der Waals surface area (Å²) < 4.78 is 1.09. The van der Waals surface area contributed by atoms with Crippen LogP contribution in [-0.4, -0.2) is 34.9 Å². The molecule has 0 saturated heterocycles. The number of hydrogen-bond acceptors (Lipinski definition) is 2. The molecule has 4 heteroatoms. The lowest BCUT2D eigenvalue weighted by Gasteiger charge is -2.26. The van der Waals surface area contributed by atoms with Crippen LogP contribution in [0.2, 0.25) is 0 Å². The number of amides is 1. The lowest BCUT2D eigenvalue weighted by molar-refractivity contribution is -0.121. The van der Waals surface area contributed by atoms with Crippen LogP contribution in [0.1, 0.15) is 142 Å². The van der Waals surface area contributed by atoms with E-state index >= 15 is 0 Å². The van der Waals surface area contributed by atoms with Gasteiger partial charge >= 0.3 is 0 Å². The van der Waals surface area contributed by atoms with Crippen LogP contribution < -0.4 is 5.32 Å². The average molecular weight is 577 g/mol. The molecule has 0 aliphatic rings. The predicted octanol–water partition coefficient (Wildman–Crippen LogP) is 9.20. The summed E-state index contributed by atoms with van der Waals surface area (Å²) in [5.41, 5.74) is 1.18. The van der Waals surface area contributed by atoms with Crippen LogP contribution in [0.4, 0.5) is 0 Å². The van der Waals surface area contributed by atoms with Crippen LogP contribution in [0.5, 0.6) is 0 Å². The molecular formula is C29H57IN2O. The Hall–Kier alpha value is -0.260. The normalized spacial score (nSPS) is 11.0. The third-order valence-electron chi connectivity index (χ3n) is 6.57. The van der Waals surface area contributed by atoms with Crippen molar-refractivity contribution in [3.8, 4) is 0 Å². The van der Waals surface area contributed by atoms with E-state index < -0.39 is 0 Å². The highest BCUT2D eigenvalue weighted by Crippen LogP contribution is 2.14. The van der Waals surface area contributed by atoms with Crippen molar-refractivity contribution < 1.29 is 4.79 Å². The molecule has 0 aromatic heterocycles. The number of rotatable bonds is 26. The SMILES string of the molecule is C=C(CCI)N(CCCC)CCC(=O)NCCCCCCCCCCCCCCCCCC. The molecule has 1 amide bonds. The summed E-state index contributed by atoms with van der Waals surface area (Å²) in [6.07, 6.45) is 26.1. The summed E-state index contributed by atoms with van der Waals surface area (Å²) in [5, 5.41) is 3.12. The number of halogens is 1. The predicted molar refractivity (Wildman–Crippen MR) is 156 cm³/mol. The van der Waals surface area contributed by atoms with Gasteiger partial charge in [-0.3, -0.25) is 4.79 Å². The van der Waals surface area contributed by atoms with Gasteiger partial charge in [-0.2, -0.15) is 0 Å². The maximum absolute atomic E-state index is 12.2. The van der Waals surface area contributed by atoms with Crippen LogP contribution in [-0.2, 0) is 4.79 Å². The topological polar surface area (TPSA) is 32.3 Å². The first-order valence-corrected chi connectivity index (χ1v) is 15.9. The van der Waals surface area contributed by atoms with Gasteiger partial charge in [0.25, 0.3) is 0 Å². The molecule has 0 bridgehead atoms. The Morgan fingerprint density at radius 2 is 1.12 bits per heavy atom. The van der Waals surface area contributed by atoms with Crippen LogP contribution in [0.25, 0.3) is 0 Å². The highest BCUT2D eigenvalue weighted by Gasteiger charge is 2.09. The van der Waals surface area contributed by atoms with Gasteiger partial charge in [-0.05, 0) is 19.3 Å². The third kappa shape index (κ3) is 23.3. The van der Waals surface area contributed by atoms with Crippen LogP contribution in [0, 0.1) is 0 Å². The number of carbonyl (C=O) groups is 1. The highest BCUT2D eigenvalue weighted by atomic mass is 127. The molecule has 0 aromatic rings. The van der Waals surface area contributed by atoms with Crippen molar-refractivity contribution in [3.05, 3.63) is 12.3 Å². The zero-order chi connectivity index (χ0) is 24.4. The fourth-order valence-electron chi connectivity index (χ4n) is 4.27. The Balaban J connectivity index is 3.46. The molecule has 196 valence electrons. The monoisotopic (exact) mass is 576 g/mol. The number of hydrogen-bond donors (Lipinski definition) is 1. The molecule has 0 aliphatic heterocycles. The van der Waals surface area contributed by atoms with Gasteiger partial charge in [0.15, 0.2) is 0 Å². The van der Waals surface area contributed by atoms with Crippen molar-refractivity contribution in [2.24, 2.45) is 0 Å². The second-order valence-corrected chi connectivity index (χ2v) is 10.8. The van der Waals surface area contributed by atoms with E-state index in [-0.39, 0.29) is 5.91 Å². The van der Waals surface area contributed by atoms with Gasteiger partial charge in [-0.15, -0.1) is 0 Å². The largest absolute Gasteiger partial charge is 0.375 e. The molecule has 0 saturated carbocycles. The zero-order valence-electron chi connectivity index (χ0n) is 22.4. The average Bonchev–Trinajstić information content (AvgIpc) is 2.81. The number of nitrogens with one attached hydrogen (secondary N) is 1. The molecule has 0 aromatic carbocycles. The smallest absolute Gasteiger partial charge is 0.221 e. The van der Waals surface area contributed by atoms with Crippen molar-refractivity contribution >= 4 is 28.5 Å². The van der Waals surface area contributed by atoms with Gasteiger partial charge in [-0.1, -0.05) is 146 Å². The van der Waals surface area contributed by atoms with E-state index in [0.29, 0.717) is 6.42 Å². The Bertz CT molecular complexity index is 441. The van der Waals surface area contributed by atoms with Gasteiger partial charge in [0, 0.05) is 36.2 Å². The summed E-state index contributed by atoms with van der Waals surface area (Å²) in [7, 11) is 0. The first kappa shape index (κ1) is 32.7. The maximum Gasteiger partial charge on any atom is 0.221 e.